The van der Waals surface area contributed by atoms with E-state index >= 15 is 0 Å². The SMILES string of the molecule is CN(C(=O)Cc1cccc(CN)c1)C(CN1CCCC1)c1ccccc1. The van der Waals surface area contributed by atoms with Gasteiger partial charge in [0.05, 0.1) is 12.5 Å². The predicted octanol–water partition coefficient (Wildman–Crippen LogP) is 2.98. The largest absolute Gasteiger partial charge is 0.337 e. The van der Waals surface area contributed by atoms with E-state index in [-0.39, 0.29) is 11.9 Å². The molecule has 1 unspecified atom stereocenters. The van der Waals surface area contributed by atoms with E-state index in [9.17, 15) is 4.79 Å². The predicted molar refractivity (Wildman–Crippen MR) is 106 cm³/mol. The van der Waals surface area contributed by atoms with Crippen molar-refractivity contribution >= 4 is 5.91 Å². The minimum absolute atomic E-state index is 0.0829. The normalized spacial score (nSPS) is 15.8. The second-order valence-corrected chi connectivity index (χ2v) is 7.14. The molecule has 1 amide bonds. The molecule has 2 aromatic rings. The van der Waals surface area contributed by atoms with E-state index in [0.717, 1.165) is 30.8 Å². The van der Waals surface area contributed by atoms with Gasteiger partial charge < -0.3 is 15.5 Å². The van der Waals surface area contributed by atoms with Crippen LogP contribution in [0.5, 0.6) is 0 Å². The first kappa shape index (κ1) is 18.6. The molecule has 26 heavy (non-hydrogen) atoms. The average Bonchev–Trinajstić information content (AvgIpc) is 3.19. The van der Waals surface area contributed by atoms with Crippen LogP contribution in [0.3, 0.4) is 0 Å². The molecule has 0 bridgehead atoms. The molecule has 1 saturated heterocycles. The topological polar surface area (TPSA) is 49.6 Å². The lowest BCUT2D eigenvalue weighted by Crippen LogP contribution is -2.39. The first-order chi connectivity index (χ1) is 12.7. The van der Waals surface area contributed by atoms with Gasteiger partial charge in [-0.2, -0.15) is 0 Å². The van der Waals surface area contributed by atoms with Crippen LogP contribution in [-0.4, -0.2) is 42.4 Å². The highest BCUT2D eigenvalue weighted by molar-refractivity contribution is 5.79. The molecule has 0 radical (unpaired) electrons. The third-order valence-corrected chi connectivity index (χ3v) is 5.26. The molecule has 0 saturated carbocycles. The highest BCUT2D eigenvalue weighted by Crippen LogP contribution is 2.23. The number of carbonyl (C=O) groups excluding carboxylic acids is 1. The number of nitrogens with two attached hydrogens (primary N) is 1. The Labute approximate surface area is 156 Å². The second kappa shape index (κ2) is 8.97. The summed E-state index contributed by atoms with van der Waals surface area (Å²) >= 11 is 0. The number of hydrogen-bond donors (Lipinski definition) is 1. The van der Waals surface area contributed by atoms with E-state index in [2.05, 4.69) is 29.2 Å². The Hall–Kier alpha value is -2.17. The molecule has 0 spiro atoms. The number of likely N-dealkylation sites (tertiary alicyclic amines) is 1. The Morgan fingerprint density at radius 1 is 1.08 bits per heavy atom. The fraction of sp³-hybridized carbons (Fsp3) is 0.409. The summed E-state index contributed by atoms with van der Waals surface area (Å²) in [4.78, 5) is 17.4. The third kappa shape index (κ3) is 4.71. The fourth-order valence-electron chi connectivity index (χ4n) is 3.68. The van der Waals surface area contributed by atoms with Crippen molar-refractivity contribution in [1.29, 1.82) is 0 Å². The van der Waals surface area contributed by atoms with Crippen LogP contribution in [0.25, 0.3) is 0 Å². The Balaban J connectivity index is 1.74. The lowest BCUT2D eigenvalue weighted by molar-refractivity contribution is -0.131. The van der Waals surface area contributed by atoms with Gasteiger partial charge in [0.25, 0.3) is 0 Å². The van der Waals surface area contributed by atoms with Gasteiger partial charge in [-0.1, -0.05) is 54.6 Å². The van der Waals surface area contributed by atoms with Gasteiger partial charge in [-0.05, 0) is 42.6 Å². The maximum absolute atomic E-state index is 13.0. The van der Waals surface area contributed by atoms with Crippen molar-refractivity contribution in [2.45, 2.75) is 31.8 Å². The van der Waals surface area contributed by atoms with Gasteiger partial charge in [0, 0.05) is 20.1 Å². The van der Waals surface area contributed by atoms with Crippen molar-refractivity contribution in [3.8, 4) is 0 Å². The van der Waals surface area contributed by atoms with E-state index in [1.807, 2.05) is 42.3 Å². The number of likely N-dealkylation sites (N-methyl/N-ethyl adjacent to an activating group) is 1. The zero-order valence-electron chi connectivity index (χ0n) is 15.6. The number of nitrogens with zero attached hydrogens (tertiary/aromatic N) is 2. The maximum Gasteiger partial charge on any atom is 0.227 e. The molecule has 2 aromatic carbocycles. The number of rotatable bonds is 7. The molecule has 1 aliphatic rings. The van der Waals surface area contributed by atoms with Crippen LogP contribution < -0.4 is 5.73 Å². The summed E-state index contributed by atoms with van der Waals surface area (Å²) in [7, 11) is 1.93. The maximum atomic E-state index is 13.0. The van der Waals surface area contributed by atoms with E-state index in [1.54, 1.807) is 0 Å². The minimum Gasteiger partial charge on any atom is -0.337 e. The molecule has 2 N–H and O–H groups in total. The first-order valence-electron chi connectivity index (χ1n) is 9.48. The van der Waals surface area contributed by atoms with Crippen LogP contribution in [0.15, 0.2) is 54.6 Å². The molecular formula is C22H29N3O. The number of hydrogen-bond acceptors (Lipinski definition) is 3. The Bertz CT molecular complexity index is 710. The van der Waals surface area contributed by atoms with E-state index in [0.29, 0.717) is 13.0 Å². The lowest BCUT2D eigenvalue weighted by Gasteiger charge is -2.32. The van der Waals surface area contributed by atoms with Gasteiger partial charge in [0.2, 0.25) is 5.91 Å². The summed E-state index contributed by atoms with van der Waals surface area (Å²) < 4.78 is 0. The van der Waals surface area contributed by atoms with Gasteiger partial charge in [-0.15, -0.1) is 0 Å². The highest BCUT2D eigenvalue weighted by Gasteiger charge is 2.25. The Kier molecular flexibility index (Phi) is 6.42. The van der Waals surface area contributed by atoms with E-state index in [4.69, 9.17) is 5.73 Å². The van der Waals surface area contributed by atoms with Crippen molar-refractivity contribution in [2.24, 2.45) is 5.73 Å². The van der Waals surface area contributed by atoms with E-state index in [1.165, 1.54) is 18.4 Å². The first-order valence-corrected chi connectivity index (χ1v) is 9.48. The lowest BCUT2D eigenvalue weighted by atomic mass is 10.0. The fourth-order valence-corrected chi connectivity index (χ4v) is 3.68. The average molecular weight is 351 g/mol. The molecule has 0 aromatic heterocycles. The third-order valence-electron chi connectivity index (χ3n) is 5.26. The molecule has 4 heteroatoms. The monoisotopic (exact) mass is 351 g/mol. The summed E-state index contributed by atoms with van der Waals surface area (Å²) in [5, 5.41) is 0. The van der Waals surface area contributed by atoms with E-state index < -0.39 is 0 Å². The molecule has 1 heterocycles. The molecular weight excluding hydrogens is 322 g/mol. The van der Waals surface area contributed by atoms with Crippen LogP contribution >= 0.6 is 0 Å². The molecule has 0 aliphatic carbocycles. The summed E-state index contributed by atoms with van der Waals surface area (Å²) in [5.74, 6) is 0.146. The minimum atomic E-state index is 0.0829. The van der Waals surface area contributed by atoms with Gasteiger partial charge in [0.1, 0.15) is 0 Å². The molecule has 1 aliphatic heterocycles. The summed E-state index contributed by atoms with van der Waals surface area (Å²) in [6.07, 6.45) is 2.92. The zero-order valence-corrected chi connectivity index (χ0v) is 15.6. The van der Waals surface area contributed by atoms with Crippen molar-refractivity contribution < 1.29 is 4.79 Å². The van der Waals surface area contributed by atoms with Gasteiger partial charge in [-0.3, -0.25) is 4.79 Å². The van der Waals surface area contributed by atoms with Crippen molar-refractivity contribution in [3.05, 3.63) is 71.3 Å². The zero-order chi connectivity index (χ0) is 18.4. The number of benzene rings is 2. The van der Waals surface area contributed by atoms with Crippen LogP contribution in [0.1, 0.15) is 35.6 Å². The van der Waals surface area contributed by atoms with Crippen LogP contribution in [0.2, 0.25) is 0 Å². The number of carbonyl (C=O) groups is 1. The van der Waals surface area contributed by atoms with Crippen molar-refractivity contribution in [1.82, 2.24) is 9.80 Å². The van der Waals surface area contributed by atoms with Gasteiger partial charge in [0.15, 0.2) is 0 Å². The quantitative estimate of drug-likeness (QED) is 0.834. The van der Waals surface area contributed by atoms with Crippen molar-refractivity contribution in [3.63, 3.8) is 0 Å². The second-order valence-electron chi connectivity index (χ2n) is 7.14. The number of amides is 1. The molecule has 1 fully saturated rings. The van der Waals surface area contributed by atoms with Gasteiger partial charge in [-0.25, -0.2) is 0 Å². The molecule has 4 nitrogen and oxygen atoms in total. The highest BCUT2D eigenvalue weighted by atomic mass is 16.2. The van der Waals surface area contributed by atoms with Crippen molar-refractivity contribution in [2.75, 3.05) is 26.7 Å². The smallest absolute Gasteiger partial charge is 0.227 e. The standard InChI is InChI=1S/C22H29N3O/c1-24(22(26)15-18-8-7-9-19(14-18)16-23)21(17-25-12-5-6-13-25)20-10-3-2-4-11-20/h2-4,7-11,14,21H,5-6,12-13,15-17,23H2,1H3. The Morgan fingerprint density at radius 2 is 1.77 bits per heavy atom. The van der Waals surface area contributed by atoms with Gasteiger partial charge >= 0.3 is 0 Å². The summed E-state index contributed by atoms with van der Waals surface area (Å²) in [6, 6.07) is 18.5. The summed E-state index contributed by atoms with van der Waals surface area (Å²) in [5.41, 5.74) is 9.01. The molecule has 138 valence electrons. The van der Waals surface area contributed by atoms with Crippen LogP contribution in [-0.2, 0) is 17.8 Å². The Morgan fingerprint density at radius 3 is 2.46 bits per heavy atom. The molecule has 1 atom stereocenters. The van der Waals surface area contributed by atoms with Crippen LogP contribution in [0.4, 0.5) is 0 Å². The van der Waals surface area contributed by atoms with Crippen LogP contribution in [0, 0.1) is 0 Å². The molecule has 3 rings (SSSR count). The summed E-state index contributed by atoms with van der Waals surface area (Å²) in [6.45, 7) is 3.66.